The number of nitrogens with zero attached hydrogens (tertiary/aromatic N) is 3. The molecule has 2 aromatic rings. The van der Waals surface area contributed by atoms with Gasteiger partial charge in [0.25, 0.3) is 15.7 Å². The summed E-state index contributed by atoms with van der Waals surface area (Å²) in [6.07, 6.45) is 3.48. The Hall–Kier alpha value is -2.23. The van der Waals surface area contributed by atoms with Crippen molar-refractivity contribution in [3.63, 3.8) is 0 Å². The lowest BCUT2D eigenvalue weighted by atomic mass is 9.85. The van der Waals surface area contributed by atoms with Crippen LogP contribution in [0.3, 0.4) is 0 Å². The first-order valence-electron chi connectivity index (χ1n) is 8.59. The van der Waals surface area contributed by atoms with E-state index in [0.29, 0.717) is 19.5 Å². The minimum absolute atomic E-state index is 0.241. The zero-order chi connectivity index (χ0) is 18.4. The standard InChI is InChI=1S/C17H20N4O4S/c22-21(23)14-5-1-2-6-15(14)26(24,25)20-12-11-19-10-3-7-16(19)17(20)8-4-9-18-13-17/h1-3,5-7,10,18H,4,8-9,11-13H2. The van der Waals surface area contributed by atoms with Crippen LogP contribution < -0.4 is 5.32 Å². The first-order chi connectivity index (χ1) is 12.5. The number of hydrogen-bond donors (Lipinski definition) is 1. The molecule has 0 aliphatic carbocycles. The number of aromatic nitrogens is 1. The monoisotopic (exact) mass is 376 g/mol. The van der Waals surface area contributed by atoms with E-state index in [1.165, 1.54) is 28.6 Å². The van der Waals surface area contributed by atoms with Crippen LogP contribution in [0, 0.1) is 10.1 Å². The average molecular weight is 376 g/mol. The van der Waals surface area contributed by atoms with Crippen molar-refractivity contribution in [2.45, 2.75) is 29.8 Å². The molecule has 0 radical (unpaired) electrons. The molecule has 138 valence electrons. The van der Waals surface area contributed by atoms with E-state index in [2.05, 4.69) is 9.88 Å². The van der Waals surface area contributed by atoms with E-state index in [1.807, 2.05) is 18.3 Å². The fourth-order valence-corrected chi connectivity index (χ4v) is 6.11. The van der Waals surface area contributed by atoms with E-state index in [0.717, 1.165) is 18.7 Å². The van der Waals surface area contributed by atoms with E-state index in [9.17, 15) is 18.5 Å². The summed E-state index contributed by atoms with van der Waals surface area (Å²) in [6, 6.07) is 9.45. The van der Waals surface area contributed by atoms with Crippen LogP contribution in [0.5, 0.6) is 0 Å². The average Bonchev–Trinajstić information content (AvgIpc) is 3.12. The predicted octanol–water partition coefficient (Wildman–Crippen LogP) is 1.68. The van der Waals surface area contributed by atoms with Crippen LogP contribution in [0.4, 0.5) is 5.69 Å². The van der Waals surface area contributed by atoms with E-state index >= 15 is 0 Å². The number of fused-ring (bicyclic) bond motifs is 2. The minimum Gasteiger partial charge on any atom is -0.348 e. The summed E-state index contributed by atoms with van der Waals surface area (Å²) < 4.78 is 30.6. The number of nitrogens with one attached hydrogen (secondary N) is 1. The second kappa shape index (κ2) is 6.19. The molecule has 0 amide bonds. The van der Waals surface area contributed by atoms with E-state index in [1.54, 1.807) is 0 Å². The Balaban J connectivity index is 1.88. The Morgan fingerprint density at radius 3 is 2.69 bits per heavy atom. The molecular formula is C17H20N4O4S. The molecule has 1 N–H and O–H groups in total. The third-order valence-corrected chi connectivity index (χ3v) is 7.33. The quantitative estimate of drug-likeness (QED) is 0.649. The molecule has 26 heavy (non-hydrogen) atoms. The van der Waals surface area contributed by atoms with Crippen LogP contribution in [-0.4, -0.2) is 41.8 Å². The van der Waals surface area contributed by atoms with Gasteiger partial charge in [0, 0.05) is 37.6 Å². The van der Waals surface area contributed by atoms with Crippen molar-refractivity contribution in [2.24, 2.45) is 0 Å². The van der Waals surface area contributed by atoms with E-state index in [-0.39, 0.29) is 17.1 Å². The maximum absolute atomic E-state index is 13.5. The molecule has 1 aromatic carbocycles. The van der Waals surface area contributed by atoms with Gasteiger partial charge in [-0.05, 0) is 37.6 Å². The van der Waals surface area contributed by atoms with Gasteiger partial charge in [-0.3, -0.25) is 10.1 Å². The molecule has 1 spiro atoms. The molecule has 2 aliphatic heterocycles. The van der Waals surface area contributed by atoms with Crippen molar-refractivity contribution in [2.75, 3.05) is 19.6 Å². The number of benzene rings is 1. The zero-order valence-corrected chi connectivity index (χ0v) is 15.0. The number of para-hydroxylation sites is 1. The number of rotatable bonds is 3. The van der Waals surface area contributed by atoms with Gasteiger partial charge < -0.3 is 9.88 Å². The summed E-state index contributed by atoms with van der Waals surface area (Å²) in [7, 11) is -4.03. The van der Waals surface area contributed by atoms with Crippen molar-refractivity contribution in [1.29, 1.82) is 0 Å². The number of nitro groups is 1. The van der Waals surface area contributed by atoms with Gasteiger partial charge in [0.15, 0.2) is 4.90 Å². The van der Waals surface area contributed by atoms with Gasteiger partial charge in [0.1, 0.15) is 0 Å². The van der Waals surface area contributed by atoms with Crippen molar-refractivity contribution in [1.82, 2.24) is 14.2 Å². The van der Waals surface area contributed by atoms with Crippen molar-refractivity contribution in [3.8, 4) is 0 Å². The maximum Gasteiger partial charge on any atom is 0.289 e. The van der Waals surface area contributed by atoms with Gasteiger partial charge in [-0.1, -0.05) is 12.1 Å². The normalized spacial score (nSPS) is 23.7. The van der Waals surface area contributed by atoms with E-state index in [4.69, 9.17) is 0 Å². The number of hydrogen-bond acceptors (Lipinski definition) is 5. The lowest BCUT2D eigenvalue weighted by Crippen LogP contribution is -2.61. The van der Waals surface area contributed by atoms with Crippen molar-refractivity contribution >= 4 is 15.7 Å². The highest BCUT2D eigenvalue weighted by Gasteiger charge is 2.50. The Kier molecular flexibility index (Phi) is 4.09. The molecule has 1 atom stereocenters. The van der Waals surface area contributed by atoms with Crippen LogP contribution in [-0.2, 0) is 22.1 Å². The Bertz CT molecular complexity index is 947. The smallest absolute Gasteiger partial charge is 0.289 e. The number of sulfonamides is 1. The molecule has 3 heterocycles. The molecule has 0 bridgehead atoms. The number of nitro benzene ring substituents is 1. The third kappa shape index (κ3) is 2.46. The third-order valence-electron chi connectivity index (χ3n) is 5.32. The Morgan fingerprint density at radius 2 is 1.96 bits per heavy atom. The molecule has 2 aliphatic rings. The van der Waals surface area contributed by atoms with Crippen molar-refractivity contribution in [3.05, 3.63) is 58.4 Å². The molecule has 1 saturated heterocycles. The second-order valence-corrected chi connectivity index (χ2v) is 8.53. The first-order valence-corrected chi connectivity index (χ1v) is 10.0. The van der Waals surface area contributed by atoms with Gasteiger partial charge in [-0.25, -0.2) is 8.42 Å². The van der Waals surface area contributed by atoms with Gasteiger partial charge in [-0.15, -0.1) is 0 Å². The van der Waals surface area contributed by atoms with Crippen LogP contribution in [0.1, 0.15) is 18.5 Å². The highest BCUT2D eigenvalue weighted by atomic mass is 32.2. The van der Waals surface area contributed by atoms with Gasteiger partial charge in [-0.2, -0.15) is 4.31 Å². The molecule has 0 saturated carbocycles. The topological polar surface area (TPSA) is 97.5 Å². The lowest BCUT2D eigenvalue weighted by Gasteiger charge is -2.48. The Labute approximate surface area is 151 Å². The van der Waals surface area contributed by atoms with Crippen molar-refractivity contribution < 1.29 is 13.3 Å². The molecule has 8 nitrogen and oxygen atoms in total. The van der Waals surface area contributed by atoms with E-state index < -0.39 is 20.5 Å². The maximum atomic E-state index is 13.5. The van der Waals surface area contributed by atoms with Gasteiger partial charge in [0.05, 0.1) is 10.5 Å². The SMILES string of the molecule is O=[N+]([O-])c1ccccc1S(=O)(=O)N1CCn2cccc2C12CCCNC2. The summed E-state index contributed by atoms with van der Waals surface area (Å²) in [5, 5.41) is 14.7. The molecule has 1 fully saturated rings. The molecule has 4 rings (SSSR count). The van der Waals surface area contributed by atoms with Crippen LogP contribution in [0.15, 0.2) is 47.5 Å². The summed E-state index contributed by atoms with van der Waals surface area (Å²) in [4.78, 5) is 10.5. The van der Waals surface area contributed by atoms with Gasteiger partial charge in [0.2, 0.25) is 0 Å². The highest BCUT2D eigenvalue weighted by molar-refractivity contribution is 7.89. The number of piperidine rings is 1. The first kappa shape index (κ1) is 17.2. The van der Waals surface area contributed by atoms with Crippen LogP contribution in [0.25, 0.3) is 0 Å². The largest absolute Gasteiger partial charge is 0.348 e. The summed E-state index contributed by atoms with van der Waals surface area (Å²) in [5.74, 6) is 0. The molecule has 1 unspecified atom stereocenters. The van der Waals surface area contributed by atoms with Crippen LogP contribution in [0.2, 0.25) is 0 Å². The summed E-state index contributed by atoms with van der Waals surface area (Å²) in [6.45, 7) is 2.15. The zero-order valence-electron chi connectivity index (χ0n) is 14.2. The lowest BCUT2D eigenvalue weighted by molar-refractivity contribution is -0.387. The molecule has 1 aromatic heterocycles. The van der Waals surface area contributed by atoms with Crippen LogP contribution >= 0.6 is 0 Å². The Morgan fingerprint density at radius 1 is 1.15 bits per heavy atom. The summed E-state index contributed by atoms with van der Waals surface area (Å²) in [5.41, 5.74) is -0.159. The summed E-state index contributed by atoms with van der Waals surface area (Å²) >= 11 is 0. The second-order valence-electron chi connectivity index (χ2n) is 6.70. The molecular weight excluding hydrogens is 356 g/mol. The minimum atomic E-state index is -4.03. The molecule has 9 heteroatoms. The van der Waals surface area contributed by atoms with Gasteiger partial charge >= 0.3 is 0 Å². The predicted molar refractivity (Wildman–Crippen MR) is 95.2 cm³/mol. The highest BCUT2D eigenvalue weighted by Crippen LogP contribution is 2.42. The fraction of sp³-hybridized carbons (Fsp3) is 0.412. The fourth-order valence-electron chi connectivity index (χ4n) is 4.19.